The van der Waals surface area contributed by atoms with E-state index in [0.29, 0.717) is 26.4 Å². The van der Waals surface area contributed by atoms with E-state index in [-0.39, 0.29) is 20.4 Å². The van der Waals surface area contributed by atoms with Crippen molar-refractivity contribution in [2.75, 3.05) is 26.4 Å². The van der Waals surface area contributed by atoms with Crippen LogP contribution in [0.15, 0.2) is 133 Å². The molecule has 0 spiro atoms. The maximum Gasteiger partial charge on any atom is 2.00 e. The summed E-state index contributed by atoms with van der Waals surface area (Å²) in [6.07, 6.45) is 4.04. The zero-order valence-corrected chi connectivity index (χ0v) is 24.1. The van der Waals surface area contributed by atoms with E-state index < -0.39 is 0 Å². The molecule has 4 rings (SSSR count). The van der Waals surface area contributed by atoms with Gasteiger partial charge in [0.15, 0.2) is 0 Å². The molecule has 0 radical (unpaired) electrons. The number of hydrogen-bond acceptors (Lipinski definition) is 2. The molecule has 0 fully saturated rings. The first-order valence-corrected chi connectivity index (χ1v) is 13.0. The molecule has 4 aromatic carbocycles. The number of rotatable bonds is 12. The van der Waals surface area contributed by atoms with Crippen molar-refractivity contribution >= 4 is 22.8 Å². The summed E-state index contributed by atoms with van der Waals surface area (Å²) in [4.78, 5) is 0. The van der Waals surface area contributed by atoms with E-state index in [1.807, 2.05) is 123 Å². The summed E-state index contributed by atoms with van der Waals surface area (Å²) in [7, 11) is 0. The van der Waals surface area contributed by atoms with E-state index in [1.54, 1.807) is 0 Å². The molecule has 0 saturated carbocycles. The fraction of sp³-hybridized carbons (Fsp3) is 0.176. The second-order valence-electron chi connectivity index (χ2n) is 8.12. The van der Waals surface area contributed by atoms with Gasteiger partial charge in [0.25, 0.3) is 0 Å². The summed E-state index contributed by atoms with van der Waals surface area (Å²) in [5, 5.41) is 9.36. The Bertz CT molecular complexity index is 1120. The smallest absolute Gasteiger partial charge is 0.658 e. The molecule has 0 aromatic heterocycles. The Labute approximate surface area is 247 Å². The third-order valence-electron chi connectivity index (χ3n) is 5.35. The van der Waals surface area contributed by atoms with E-state index >= 15 is 0 Å². The number of nitrogens with zero attached hydrogens (tertiary/aromatic N) is 2. The van der Waals surface area contributed by atoms with Gasteiger partial charge in [-0.3, -0.25) is 0 Å². The molecule has 0 saturated heterocycles. The van der Waals surface area contributed by atoms with E-state index in [4.69, 9.17) is 9.47 Å². The van der Waals surface area contributed by atoms with Crippen LogP contribution in [-0.2, 0) is 29.9 Å². The molecule has 0 aliphatic rings. The Hall–Kier alpha value is -3.46. The van der Waals surface area contributed by atoms with Crippen LogP contribution in [0.2, 0.25) is 0 Å². The molecule has 5 heteroatoms. The standard InChI is InChI=1S/2C17H18NO.Pd/c2*1-2-19-14-13-17(15-9-5-3-6-10-15)18-16-11-7-4-8-12-16;/h2*3-13H,2,14H2,1H3;/q2*-1;+2/b2*17-13-;. The van der Waals surface area contributed by atoms with Gasteiger partial charge in [-0.1, -0.05) is 133 Å². The molecule has 39 heavy (non-hydrogen) atoms. The molecule has 0 N–H and O–H groups in total. The number of ether oxygens (including phenoxy) is 2. The second-order valence-corrected chi connectivity index (χ2v) is 8.12. The summed E-state index contributed by atoms with van der Waals surface area (Å²) in [5.74, 6) is 0. The van der Waals surface area contributed by atoms with Crippen LogP contribution in [0.25, 0.3) is 22.0 Å². The van der Waals surface area contributed by atoms with E-state index in [2.05, 4.69) is 34.9 Å². The molecule has 0 atom stereocenters. The Kier molecular flexibility index (Phi) is 16.0. The molecular weight excluding hydrogens is 575 g/mol. The third kappa shape index (κ3) is 12.3. The summed E-state index contributed by atoms with van der Waals surface area (Å²) in [6, 6.07) is 40.3. The minimum Gasteiger partial charge on any atom is -0.658 e. The van der Waals surface area contributed by atoms with Gasteiger partial charge < -0.3 is 20.1 Å². The molecule has 4 aromatic rings. The molecule has 0 heterocycles. The molecule has 204 valence electrons. The molecule has 0 aliphatic heterocycles. The maximum atomic E-state index is 5.39. The van der Waals surface area contributed by atoms with E-state index in [9.17, 15) is 0 Å². The Balaban J connectivity index is 0.000000267. The molecule has 0 unspecified atom stereocenters. The third-order valence-corrected chi connectivity index (χ3v) is 5.35. The number of hydrogen-bond donors (Lipinski definition) is 0. The first-order chi connectivity index (χ1) is 18.8. The van der Waals surface area contributed by atoms with Crippen molar-refractivity contribution in [1.82, 2.24) is 0 Å². The average Bonchev–Trinajstić information content (AvgIpc) is 2.99. The summed E-state index contributed by atoms with van der Waals surface area (Å²) >= 11 is 0. The Morgan fingerprint density at radius 1 is 0.513 bits per heavy atom. The van der Waals surface area contributed by atoms with Crippen molar-refractivity contribution in [2.45, 2.75) is 13.8 Å². The monoisotopic (exact) mass is 610 g/mol. The van der Waals surface area contributed by atoms with Crippen molar-refractivity contribution < 1.29 is 29.9 Å². The molecule has 0 amide bonds. The van der Waals surface area contributed by atoms with Crippen LogP contribution < -0.4 is 0 Å². The summed E-state index contributed by atoms with van der Waals surface area (Å²) in [6.45, 7) is 6.57. The molecule has 0 bridgehead atoms. The predicted octanol–water partition coefficient (Wildman–Crippen LogP) is 9.54. The molecule has 0 aliphatic carbocycles. The minimum absolute atomic E-state index is 0. The van der Waals surface area contributed by atoms with Gasteiger partial charge in [-0.2, -0.15) is 0 Å². The summed E-state index contributed by atoms with van der Waals surface area (Å²) < 4.78 is 10.8. The van der Waals surface area contributed by atoms with Crippen molar-refractivity contribution in [2.24, 2.45) is 0 Å². The molecule has 4 nitrogen and oxygen atoms in total. The van der Waals surface area contributed by atoms with Crippen molar-refractivity contribution in [3.63, 3.8) is 0 Å². The minimum atomic E-state index is 0. The van der Waals surface area contributed by atoms with Gasteiger partial charge in [-0.05, 0) is 25.0 Å². The maximum absolute atomic E-state index is 5.39. The van der Waals surface area contributed by atoms with Gasteiger partial charge in [0.1, 0.15) is 0 Å². The normalized spacial score (nSPS) is 11.0. The van der Waals surface area contributed by atoms with Gasteiger partial charge in [0.2, 0.25) is 0 Å². The van der Waals surface area contributed by atoms with Gasteiger partial charge in [-0.15, -0.1) is 22.8 Å². The average molecular weight is 611 g/mol. The topological polar surface area (TPSA) is 46.7 Å². The van der Waals surface area contributed by atoms with Crippen molar-refractivity contribution in [3.8, 4) is 0 Å². The number of para-hydroxylation sites is 2. The largest absolute Gasteiger partial charge is 2.00 e. The van der Waals surface area contributed by atoms with Crippen LogP contribution >= 0.6 is 0 Å². The van der Waals surface area contributed by atoms with Crippen LogP contribution in [0.4, 0.5) is 11.4 Å². The summed E-state index contributed by atoms with van der Waals surface area (Å²) in [5.41, 5.74) is 6.00. The van der Waals surface area contributed by atoms with Crippen molar-refractivity contribution in [1.29, 1.82) is 0 Å². The van der Waals surface area contributed by atoms with Gasteiger partial charge in [0.05, 0.1) is 13.2 Å². The van der Waals surface area contributed by atoms with Gasteiger partial charge in [-0.25, -0.2) is 0 Å². The van der Waals surface area contributed by atoms with Gasteiger partial charge in [0, 0.05) is 13.2 Å². The first-order valence-electron chi connectivity index (χ1n) is 13.0. The zero-order valence-electron chi connectivity index (χ0n) is 22.6. The van der Waals surface area contributed by atoms with Crippen LogP contribution in [0.5, 0.6) is 0 Å². The SMILES string of the molecule is CCOC/C=C(\[N-]c1ccccc1)c1ccccc1.CCOC/C=C(\[N-]c1ccccc1)c1ccccc1.[Pd+2]. The van der Waals surface area contributed by atoms with Gasteiger partial charge >= 0.3 is 20.4 Å². The Morgan fingerprint density at radius 2 is 0.821 bits per heavy atom. The van der Waals surface area contributed by atoms with Crippen LogP contribution in [-0.4, -0.2) is 26.4 Å². The quantitative estimate of drug-likeness (QED) is 0.118. The van der Waals surface area contributed by atoms with Crippen LogP contribution in [0.1, 0.15) is 25.0 Å². The fourth-order valence-corrected chi connectivity index (χ4v) is 3.47. The van der Waals surface area contributed by atoms with Crippen LogP contribution in [0.3, 0.4) is 0 Å². The van der Waals surface area contributed by atoms with E-state index in [1.165, 1.54) is 0 Å². The Morgan fingerprint density at radius 3 is 1.13 bits per heavy atom. The second kappa shape index (κ2) is 19.6. The van der Waals surface area contributed by atoms with Crippen molar-refractivity contribution in [3.05, 3.63) is 155 Å². The predicted molar refractivity (Wildman–Crippen MR) is 161 cm³/mol. The first kappa shape index (κ1) is 31.8. The number of benzene rings is 4. The zero-order chi connectivity index (χ0) is 26.7. The van der Waals surface area contributed by atoms with E-state index in [0.717, 1.165) is 33.9 Å². The fourth-order valence-electron chi connectivity index (χ4n) is 3.47. The van der Waals surface area contributed by atoms with Crippen LogP contribution in [0, 0.1) is 0 Å². The molecular formula is C34H36N2O2Pd.